The Bertz CT molecular complexity index is 404. The Morgan fingerprint density at radius 3 is 2.92 bits per heavy atom. The second-order valence-corrected chi connectivity index (χ2v) is 3.87. The minimum absolute atomic E-state index is 0.540. The fourth-order valence-electron chi connectivity index (χ4n) is 1.01. The Kier molecular flexibility index (Phi) is 2.12. The topological polar surface area (TPSA) is 56.7 Å². The average molecular weight is 194 g/mol. The van der Waals surface area contributed by atoms with Crippen LogP contribution in [0.15, 0.2) is 18.6 Å². The normalized spacial score (nSPS) is 10.6. The van der Waals surface area contributed by atoms with Crippen molar-refractivity contribution in [3.05, 3.63) is 29.0 Å². The zero-order valence-electron chi connectivity index (χ0n) is 7.27. The molecule has 2 aromatic heterocycles. The van der Waals surface area contributed by atoms with E-state index >= 15 is 0 Å². The maximum atomic E-state index is 5.49. The van der Waals surface area contributed by atoms with Gasteiger partial charge in [-0.1, -0.05) is 11.3 Å². The van der Waals surface area contributed by atoms with Gasteiger partial charge in [-0.3, -0.25) is 0 Å². The second kappa shape index (κ2) is 3.27. The molecule has 0 saturated heterocycles. The number of rotatable bonds is 2. The molecule has 0 fully saturated rings. The first-order valence-corrected chi connectivity index (χ1v) is 4.77. The molecule has 0 aromatic carbocycles. The maximum absolute atomic E-state index is 5.49. The predicted molar refractivity (Wildman–Crippen MR) is 51.9 cm³/mol. The molecule has 2 N–H and O–H groups in total. The summed E-state index contributed by atoms with van der Waals surface area (Å²) in [5.74, 6) is 0. The van der Waals surface area contributed by atoms with E-state index in [1.807, 2.05) is 19.3 Å². The van der Waals surface area contributed by atoms with Crippen molar-refractivity contribution in [2.24, 2.45) is 5.73 Å². The molecule has 5 heteroatoms. The van der Waals surface area contributed by atoms with Crippen molar-refractivity contribution < 1.29 is 0 Å². The highest BCUT2D eigenvalue weighted by atomic mass is 32.1. The molecular formula is C8H10N4S. The van der Waals surface area contributed by atoms with E-state index in [9.17, 15) is 0 Å². The first-order valence-electron chi connectivity index (χ1n) is 3.96. The number of nitrogens with zero attached hydrogens (tertiary/aromatic N) is 3. The number of nitrogens with two attached hydrogens (primary N) is 1. The lowest BCUT2D eigenvalue weighted by atomic mass is 10.4. The van der Waals surface area contributed by atoms with Gasteiger partial charge in [-0.15, -0.1) is 0 Å². The van der Waals surface area contributed by atoms with Crippen molar-refractivity contribution >= 4 is 11.3 Å². The van der Waals surface area contributed by atoms with Crippen LogP contribution >= 0.6 is 11.3 Å². The Hall–Kier alpha value is -1.20. The molecule has 0 amide bonds. The summed E-state index contributed by atoms with van der Waals surface area (Å²) in [6.45, 7) is 2.54. The minimum atomic E-state index is 0.540. The number of thiazole rings is 1. The van der Waals surface area contributed by atoms with Crippen LogP contribution in [0.2, 0.25) is 0 Å². The van der Waals surface area contributed by atoms with Gasteiger partial charge in [-0.25, -0.2) is 9.67 Å². The molecule has 0 aliphatic carbocycles. The Labute approximate surface area is 80.0 Å². The van der Waals surface area contributed by atoms with Gasteiger partial charge in [0.15, 0.2) is 0 Å². The average Bonchev–Trinajstić information content (AvgIpc) is 2.71. The van der Waals surface area contributed by atoms with Crippen molar-refractivity contribution in [3.63, 3.8) is 0 Å². The van der Waals surface area contributed by atoms with Crippen molar-refractivity contribution in [3.8, 4) is 5.13 Å². The third kappa shape index (κ3) is 1.61. The lowest BCUT2D eigenvalue weighted by Gasteiger charge is -1.91. The molecule has 0 radical (unpaired) electrons. The predicted octanol–water partition coefficient (Wildman–Crippen LogP) is 1.10. The standard InChI is InChI=1S/C8H10N4S/c1-6-3-11-12(5-6)8-10-4-7(2-9)13-8/h3-5H,2,9H2,1H3. The van der Waals surface area contributed by atoms with Crippen LogP contribution in [-0.2, 0) is 6.54 Å². The highest BCUT2D eigenvalue weighted by Gasteiger charge is 2.03. The molecule has 4 nitrogen and oxygen atoms in total. The second-order valence-electron chi connectivity index (χ2n) is 2.78. The number of aromatic nitrogens is 3. The zero-order chi connectivity index (χ0) is 9.26. The van der Waals surface area contributed by atoms with Gasteiger partial charge in [0.25, 0.3) is 0 Å². The van der Waals surface area contributed by atoms with E-state index in [4.69, 9.17) is 5.73 Å². The molecule has 0 saturated carbocycles. The summed E-state index contributed by atoms with van der Waals surface area (Å²) in [5, 5.41) is 5.03. The largest absolute Gasteiger partial charge is 0.326 e. The maximum Gasteiger partial charge on any atom is 0.210 e. The van der Waals surface area contributed by atoms with Crippen molar-refractivity contribution in [2.45, 2.75) is 13.5 Å². The summed E-state index contributed by atoms with van der Waals surface area (Å²) in [6, 6.07) is 0. The SMILES string of the molecule is Cc1cnn(-c2ncc(CN)s2)c1. The monoisotopic (exact) mass is 194 g/mol. The van der Waals surface area contributed by atoms with Gasteiger partial charge in [-0.05, 0) is 12.5 Å². The Morgan fingerprint density at radius 2 is 2.38 bits per heavy atom. The summed E-state index contributed by atoms with van der Waals surface area (Å²) in [4.78, 5) is 5.28. The molecule has 2 rings (SSSR count). The molecule has 0 aliphatic rings. The van der Waals surface area contributed by atoms with E-state index < -0.39 is 0 Å². The van der Waals surface area contributed by atoms with Gasteiger partial charge < -0.3 is 5.73 Å². The van der Waals surface area contributed by atoms with E-state index in [-0.39, 0.29) is 0 Å². The summed E-state index contributed by atoms with van der Waals surface area (Å²) in [5.41, 5.74) is 6.62. The van der Waals surface area contributed by atoms with E-state index in [2.05, 4.69) is 10.1 Å². The highest BCUT2D eigenvalue weighted by Crippen LogP contribution is 2.16. The fraction of sp³-hybridized carbons (Fsp3) is 0.250. The van der Waals surface area contributed by atoms with E-state index in [1.54, 1.807) is 22.2 Å². The molecular weight excluding hydrogens is 184 g/mol. The van der Waals surface area contributed by atoms with Crippen molar-refractivity contribution in [1.82, 2.24) is 14.8 Å². The number of hydrogen-bond donors (Lipinski definition) is 1. The lowest BCUT2D eigenvalue weighted by molar-refractivity contribution is 0.869. The van der Waals surface area contributed by atoms with Crippen LogP contribution in [0.25, 0.3) is 5.13 Å². The summed E-state index contributed by atoms with van der Waals surface area (Å²) >= 11 is 1.56. The van der Waals surface area contributed by atoms with E-state index in [1.165, 1.54) is 0 Å². The Balaban J connectivity index is 2.35. The molecule has 68 valence electrons. The zero-order valence-corrected chi connectivity index (χ0v) is 8.08. The van der Waals surface area contributed by atoms with Crippen LogP contribution in [-0.4, -0.2) is 14.8 Å². The van der Waals surface area contributed by atoms with E-state index in [0.717, 1.165) is 15.6 Å². The third-order valence-electron chi connectivity index (χ3n) is 1.65. The third-order valence-corrected chi connectivity index (χ3v) is 2.66. The van der Waals surface area contributed by atoms with Crippen LogP contribution < -0.4 is 5.73 Å². The highest BCUT2D eigenvalue weighted by molar-refractivity contribution is 7.14. The van der Waals surface area contributed by atoms with Crippen LogP contribution in [0.1, 0.15) is 10.4 Å². The van der Waals surface area contributed by atoms with E-state index in [0.29, 0.717) is 6.54 Å². The smallest absolute Gasteiger partial charge is 0.210 e. The molecule has 2 heterocycles. The van der Waals surface area contributed by atoms with Gasteiger partial charge in [0, 0.05) is 23.8 Å². The van der Waals surface area contributed by atoms with Crippen LogP contribution in [0.3, 0.4) is 0 Å². The fourth-order valence-corrected chi connectivity index (χ4v) is 1.74. The summed E-state index contributed by atoms with van der Waals surface area (Å²) < 4.78 is 1.76. The quantitative estimate of drug-likeness (QED) is 0.778. The van der Waals surface area contributed by atoms with Gasteiger partial charge in [-0.2, -0.15) is 5.10 Å². The van der Waals surface area contributed by atoms with Crippen molar-refractivity contribution in [1.29, 1.82) is 0 Å². The van der Waals surface area contributed by atoms with Gasteiger partial charge in [0.1, 0.15) is 0 Å². The first-order chi connectivity index (χ1) is 6.29. The van der Waals surface area contributed by atoms with Gasteiger partial charge in [0.2, 0.25) is 5.13 Å². The molecule has 0 aliphatic heterocycles. The van der Waals surface area contributed by atoms with Gasteiger partial charge in [0.05, 0.1) is 6.20 Å². The number of hydrogen-bond acceptors (Lipinski definition) is 4. The molecule has 0 bridgehead atoms. The van der Waals surface area contributed by atoms with Gasteiger partial charge >= 0.3 is 0 Å². The first kappa shape index (κ1) is 8.40. The molecule has 0 unspecified atom stereocenters. The lowest BCUT2D eigenvalue weighted by Crippen LogP contribution is -1.92. The molecule has 13 heavy (non-hydrogen) atoms. The summed E-state index contributed by atoms with van der Waals surface area (Å²) in [6.07, 6.45) is 5.54. The summed E-state index contributed by atoms with van der Waals surface area (Å²) in [7, 11) is 0. The van der Waals surface area contributed by atoms with Crippen LogP contribution in [0.5, 0.6) is 0 Å². The molecule has 0 spiro atoms. The van der Waals surface area contributed by atoms with Crippen LogP contribution in [0, 0.1) is 6.92 Å². The minimum Gasteiger partial charge on any atom is -0.326 e. The van der Waals surface area contributed by atoms with Crippen LogP contribution in [0.4, 0.5) is 0 Å². The number of aryl methyl sites for hydroxylation is 1. The van der Waals surface area contributed by atoms with Crippen molar-refractivity contribution in [2.75, 3.05) is 0 Å². The molecule has 2 aromatic rings. The Morgan fingerprint density at radius 1 is 1.54 bits per heavy atom. The molecule has 0 atom stereocenters.